The number of hydrogen-bond acceptors (Lipinski definition) is 2. The molecule has 1 rings (SSSR count). The summed E-state index contributed by atoms with van der Waals surface area (Å²) >= 11 is 6.07. The summed E-state index contributed by atoms with van der Waals surface area (Å²) in [7, 11) is 0. The van der Waals surface area contributed by atoms with Crippen molar-refractivity contribution in [2.75, 3.05) is 19.7 Å². The number of rotatable bonds is 7. The van der Waals surface area contributed by atoms with Gasteiger partial charge < -0.3 is 15.7 Å². The highest BCUT2D eigenvalue weighted by Gasteiger charge is 2.24. The Kier molecular flexibility index (Phi) is 7.10. The van der Waals surface area contributed by atoms with Crippen LogP contribution in [0.2, 0.25) is 5.02 Å². The molecule has 0 spiro atoms. The monoisotopic (exact) mass is 330 g/mol. The lowest BCUT2D eigenvalue weighted by molar-refractivity contribution is 0.232. The number of halogens is 2. The van der Waals surface area contributed by atoms with E-state index in [2.05, 4.69) is 10.6 Å². The van der Waals surface area contributed by atoms with Crippen LogP contribution >= 0.6 is 11.6 Å². The summed E-state index contributed by atoms with van der Waals surface area (Å²) < 4.78 is 13.1. The third-order valence-corrected chi connectivity index (χ3v) is 3.90. The first-order valence-electron chi connectivity index (χ1n) is 7.34. The fourth-order valence-electron chi connectivity index (χ4n) is 2.09. The lowest BCUT2D eigenvalue weighted by Crippen LogP contribution is -2.43. The van der Waals surface area contributed by atoms with E-state index in [1.165, 1.54) is 12.1 Å². The molecule has 0 aromatic heterocycles. The van der Waals surface area contributed by atoms with Crippen LogP contribution in [0.25, 0.3) is 0 Å². The van der Waals surface area contributed by atoms with Gasteiger partial charge in [0.25, 0.3) is 0 Å². The summed E-state index contributed by atoms with van der Waals surface area (Å²) in [6.45, 7) is 6.81. The summed E-state index contributed by atoms with van der Waals surface area (Å²) in [5, 5.41) is 14.7. The molecule has 1 aromatic carbocycles. The summed E-state index contributed by atoms with van der Waals surface area (Å²) in [5.74, 6) is -0.163. The van der Waals surface area contributed by atoms with E-state index in [1.54, 1.807) is 6.07 Å². The average molecular weight is 331 g/mol. The highest BCUT2D eigenvalue weighted by Crippen LogP contribution is 2.29. The second-order valence-electron chi connectivity index (χ2n) is 6.19. The Labute approximate surface area is 136 Å². The zero-order valence-corrected chi connectivity index (χ0v) is 14.0. The van der Waals surface area contributed by atoms with Crippen molar-refractivity contribution < 1.29 is 14.3 Å². The third kappa shape index (κ3) is 5.81. The van der Waals surface area contributed by atoms with Crippen molar-refractivity contribution in [2.24, 2.45) is 5.92 Å². The van der Waals surface area contributed by atoms with Gasteiger partial charge in [0, 0.05) is 30.1 Å². The first-order chi connectivity index (χ1) is 10.3. The first-order valence-corrected chi connectivity index (χ1v) is 7.72. The van der Waals surface area contributed by atoms with Crippen LogP contribution in [0, 0.1) is 11.7 Å². The van der Waals surface area contributed by atoms with Gasteiger partial charge in [0.05, 0.1) is 0 Å². The largest absolute Gasteiger partial charge is 0.396 e. The number of aliphatic hydroxyl groups is 1. The Balaban J connectivity index is 2.53. The molecule has 124 valence electrons. The minimum absolute atomic E-state index is 0.112. The van der Waals surface area contributed by atoms with Gasteiger partial charge in [-0.2, -0.15) is 0 Å². The van der Waals surface area contributed by atoms with Gasteiger partial charge in [0.1, 0.15) is 5.82 Å². The van der Waals surface area contributed by atoms with Crippen LogP contribution in [0.15, 0.2) is 18.2 Å². The van der Waals surface area contributed by atoms with E-state index >= 15 is 0 Å². The number of aliphatic hydroxyl groups excluding tert-OH is 1. The molecule has 0 fully saturated rings. The molecule has 0 aliphatic rings. The van der Waals surface area contributed by atoms with Crippen molar-refractivity contribution in [1.29, 1.82) is 0 Å². The van der Waals surface area contributed by atoms with Crippen LogP contribution in [0.3, 0.4) is 0 Å². The Hall–Kier alpha value is -1.33. The second kappa shape index (κ2) is 8.34. The molecule has 0 saturated heterocycles. The van der Waals surface area contributed by atoms with E-state index in [0.29, 0.717) is 24.5 Å². The van der Waals surface area contributed by atoms with E-state index in [1.807, 2.05) is 20.8 Å². The minimum Gasteiger partial charge on any atom is -0.396 e. The van der Waals surface area contributed by atoms with Gasteiger partial charge in [0.2, 0.25) is 0 Å². The molecule has 0 saturated carbocycles. The van der Waals surface area contributed by atoms with Crippen molar-refractivity contribution in [1.82, 2.24) is 10.6 Å². The predicted molar refractivity (Wildman–Crippen MR) is 86.7 cm³/mol. The maximum atomic E-state index is 13.1. The normalized spacial score (nSPS) is 12.8. The quantitative estimate of drug-likeness (QED) is 0.719. The molecule has 0 radical (unpaired) electrons. The molecule has 0 aliphatic heterocycles. The Bertz CT molecular complexity index is 509. The minimum atomic E-state index is -0.418. The Morgan fingerprint density at radius 1 is 1.41 bits per heavy atom. The average Bonchev–Trinajstić information content (AvgIpc) is 2.43. The fraction of sp³-hybridized carbons (Fsp3) is 0.562. The number of carbonyl (C=O) groups excluding carboxylic acids is 1. The first kappa shape index (κ1) is 18.7. The topological polar surface area (TPSA) is 61.4 Å². The van der Waals surface area contributed by atoms with E-state index in [-0.39, 0.29) is 24.4 Å². The zero-order valence-electron chi connectivity index (χ0n) is 13.2. The Morgan fingerprint density at radius 3 is 2.68 bits per heavy atom. The van der Waals surface area contributed by atoms with Gasteiger partial charge in [-0.05, 0) is 30.0 Å². The molecule has 3 N–H and O–H groups in total. The number of carbonyl (C=O) groups is 1. The van der Waals surface area contributed by atoms with E-state index < -0.39 is 5.41 Å². The molecule has 1 atom stereocenters. The van der Waals surface area contributed by atoms with Crippen molar-refractivity contribution >= 4 is 17.6 Å². The van der Waals surface area contributed by atoms with E-state index in [4.69, 9.17) is 16.7 Å². The third-order valence-electron chi connectivity index (χ3n) is 3.58. The number of benzene rings is 1. The molecule has 0 bridgehead atoms. The molecule has 2 amide bonds. The van der Waals surface area contributed by atoms with Crippen LogP contribution in [0.5, 0.6) is 0 Å². The molecular weight excluding hydrogens is 307 g/mol. The number of hydrogen-bond donors (Lipinski definition) is 3. The lowest BCUT2D eigenvalue weighted by atomic mass is 9.84. The maximum Gasteiger partial charge on any atom is 0.314 e. The Morgan fingerprint density at radius 2 is 2.09 bits per heavy atom. The fourth-order valence-corrected chi connectivity index (χ4v) is 2.51. The highest BCUT2D eigenvalue weighted by molar-refractivity contribution is 6.31. The van der Waals surface area contributed by atoms with Gasteiger partial charge in [-0.1, -0.05) is 38.4 Å². The number of nitrogens with one attached hydrogen (secondary N) is 2. The SMILES string of the molecule is CC(CCO)CNC(=O)NCC(C)(C)c1ccc(F)cc1Cl. The van der Waals surface area contributed by atoms with Gasteiger partial charge in [-0.15, -0.1) is 0 Å². The smallest absolute Gasteiger partial charge is 0.314 e. The van der Waals surface area contributed by atoms with Crippen molar-refractivity contribution in [3.05, 3.63) is 34.6 Å². The van der Waals surface area contributed by atoms with E-state index in [9.17, 15) is 9.18 Å². The molecule has 6 heteroatoms. The van der Waals surface area contributed by atoms with Crippen molar-refractivity contribution in [3.63, 3.8) is 0 Å². The van der Waals surface area contributed by atoms with Gasteiger partial charge in [-0.25, -0.2) is 9.18 Å². The maximum absolute atomic E-state index is 13.1. The van der Waals surface area contributed by atoms with Crippen molar-refractivity contribution in [3.8, 4) is 0 Å². The van der Waals surface area contributed by atoms with Crippen LogP contribution in [-0.4, -0.2) is 30.8 Å². The molecule has 1 aromatic rings. The highest BCUT2D eigenvalue weighted by atomic mass is 35.5. The van der Waals surface area contributed by atoms with Crippen LogP contribution in [0.4, 0.5) is 9.18 Å². The molecular formula is C16H24ClFN2O2. The van der Waals surface area contributed by atoms with Crippen LogP contribution in [-0.2, 0) is 5.41 Å². The summed E-state index contributed by atoms with van der Waals surface area (Å²) in [4.78, 5) is 11.8. The van der Waals surface area contributed by atoms with Crippen LogP contribution < -0.4 is 10.6 Å². The molecule has 0 heterocycles. The van der Waals surface area contributed by atoms with Gasteiger partial charge in [-0.3, -0.25) is 0 Å². The summed E-state index contributed by atoms with van der Waals surface area (Å²) in [6, 6.07) is 4.01. The number of urea groups is 1. The van der Waals surface area contributed by atoms with Crippen molar-refractivity contribution in [2.45, 2.75) is 32.6 Å². The molecule has 0 aliphatic carbocycles. The second-order valence-corrected chi connectivity index (χ2v) is 6.60. The van der Waals surface area contributed by atoms with Gasteiger partial charge in [0.15, 0.2) is 0 Å². The molecule has 4 nitrogen and oxygen atoms in total. The standard InChI is InChI=1S/C16H24ClFN2O2/c1-11(6-7-21)9-19-15(22)20-10-16(2,3)13-5-4-12(18)8-14(13)17/h4-5,8,11,21H,6-7,9-10H2,1-3H3,(H2,19,20,22). The summed E-state index contributed by atoms with van der Waals surface area (Å²) in [6.07, 6.45) is 0.650. The molecule has 1 unspecified atom stereocenters. The number of amides is 2. The van der Waals surface area contributed by atoms with Gasteiger partial charge >= 0.3 is 6.03 Å². The summed E-state index contributed by atoms with van der Waals surface area (Å²) in [5.41, 5.74) is 0.364. The lowest BCUT2D eigenvalue weighted by Gasteiger charge is -2.27. The van der Waals surface area contributed by atoms with E-state index in [0.717, 1.165) is 5.56 Å². The zero-order chi connectivity index (χ0) is 16.8. The van der Waals surface area contributed by atoms with Crippen LogP contribution in [0.1, 0.15) is 32.8 Å². The predicted octanol–water partition coefficient (Wildman–Crippen LogP) is 3.07. The molecule has 22 heavy (non-hydrogen) atoms.